The van der Waals surface area contributed by atoms with Crippen molar-refractivity contribution in [1.82, 2.24) is 0 Å². The maximum atomic E-state index is 9.52. The predicted octanol–water partition coefficient (Wildman–Crippen LogP) is 5.07. The molecule has 2 aromatic rings. The van der Waals surface area contributed by atoms with Crippen LogP contribution in [0.25, 0.3) is 11.6 Å². The third kappa shape index (κ3) is 3.14. The van der Waals surface area contributed by atoms with Crippen LogP contribution in [0.15, 0.2) is 36.4 Å². The number of halogens is 2. The van der Waals surface area contributed by atoms with Gasteiger partial charge in [-0.15, -0.1) is 0 Å². The average Bonchev–Trinajstić information content (AvgIpc) is 2.43. The molecule has 0 bridgehead atoms. The fraction of sp³-hybridized carbons (Fsp3) is 0.0625. The van der Waals surface area contributed by atoms with Gasteiger partial charge in [0, 0.05) is 0 Å². The summed E-state index contributed by atoms with van der Waals surface area (Å²) in [5.41, 5.74) is 3.11. The molecule has 0 aliphatic carbocycles. The molecule has 0 atom stereocenters. The van der Waals surface area contributed by atoms with E-state index in [1.54, 1.807) is 18.2 Å². The molecule has 0 spiro atoms. The van der Waals surface area contributed by atoms with Crippen molar-refractivity contribution in [3.8, 4) is 11.8 Å². The molecule has 0 heterocycles. The summed E-state index contributed by atoms with van der Waals surface area (Å²) in [7, 11) is 0. The lowest BCUT2D eigenvalue weighted by atomic mass is 10.0. The van der Waals surface area contributed by atoms with Gasteiger partial charge in [-0.3, -0.25) is 0 Å². The van der Waals surface area contributed by atoms with E-state index in [9.17, 15) is 10.4 Å². The second kappa shape index (κ2) is 6.00. The fourth-order valence-corrected chi connectivity index (χ4v) is 2.25. The molecule has 4 heteroatoms. The Balaban J connectivity index is 2.47. The van der Waals surface area contributed by atoms with Crippen LogP contribution in [-0.2, 0) is 0 Å². The first-order valence-electron chi connectivity index (χ1n) is 5.88. The standard InChI is InChI=1S/C16H11Cl2NO/c1-10-2-4-12(5-3-10)13(9-19)6-11-7-14(17)16(20)15(18)8-11/h2-8,20H,1H3/b13-6+. The van der Waals surface area contributed by atoms with Crippen LogP contribution < -0.4 is 0 Å². The van der Waals surface area contributed by atoms with E-state index in [1.807, 2.05) is 31.2 Å². The molecule has 0 radical (unpaired) electrons. The monoisotopic (exact) mass is 303 g/mol. The first kappa shape index (κ1) is 14.5. The summed E-state index contributed by atoms with van der Waals surface area (Å²) in [6, 6.07) is 12.9. The van der Waals surface area contributed by atoms with E-state index in [-0.39, 0.29) is 15.8 Å². The molecule has 0 amide bonds. The van der Waals surface area contributed by atoms with E-state index >= 15 is 0 Å². The van der Waals surface area contributed by atoms with Crippen molar-refractivity contribution in [3.63, 3.8) is 0 Å². The maximum absolute atomic E-state index is 9.52. The van der Waals surface area contributed by atoms with Gasteiger partial charge in [-0.2, -0.15) is 5.26 Å². The smallest absolute Gasteiger partial charge is 0.152 e. The quantitative estimate of drug-likeness (QED) is 0.621. The van der Waals surface area contributed by atoms with Crippen molar-refractivity contribution in [1.29, 1.82) is 5.26 Å². The van der Waals surface area contributed by atoms with Crippen LogP contribution in [-0.4, -0.2) is 5.11 Å². The highest BCUT2D eigenvalue weighted by Gasteiger charge is 2.07. The normalized spacial score (nSPS) is 11.2. The molecule has 1 N–H and O–H groups in total. The summed E-state index contributed by atoms with van der Waals surface area (Å²) in [6.45, 7) is 1.99. The highest BCUT2D eigenvalue weighted by Crippen LogP contribution is 2.33. The molecular formula is C16H11Cl2NO. The van der Waals surface area contributed by atoms with Gasteiger partial charge in [-0.1, -0.05) is 53.0 Å². The number of benzene rings is 2. The molecular weight excluding hydrogens is 293 g/mol. The van der Waals surface area contributed by atoms with Gasteiger partial charge in [0.1, 0.15) is 0 Å². The zero-order chi connectivity index (χ0) is 14.7. The number of phenolic OH excluding ortho intramolecular Hbond substituents is 1. The van der Waals surface area contributed by atoms with E-state index in [0.29, 0.717) is 11.1 Å². The third-order valence-corrected chi connectivity index (χ3v) is 3.41. The van der Waals surface area contributed by atoms with E-state index in [4.69, 9.17) is 23.2 Å². The minimum Gasteiger partial charge on any atom is -0.505 e. The number of nitrogens with zero attached hydrogens (tertiary/aromatic N) is 1. The summed E-state index contributed by atoms with van der Waals surface area (Å²) < 4.78 is 0. The number of allylic oxidation sites excluding steroid dienone is 1. The molecule has 0 aliphatic rings. The maximum Gasteiger partial charge on any atom is 0.152 e. The van der Waals surface area contributed by atoms with E-state index in [1.165, 1.54) is 0 Å². The Labute approximate surface area is 127 Å². The Morgan fingerprint density at radius 2 is 1.70 bits per heavy atom. The molecule has 20 heavy (non-hydrogen) atoms. The molecule has 0 fully saturated rings. The molecule has 0 unspecified atom stereocenters. The zero-order valence-corrected chi connectivity index (χ0v) is 12.2. The summed E-state index contributed by atoms with van der Waals surface area (Å²) in [5.74, 6) is -0.153. The Bertz CT molecular complexity index is 689. The van der Waals surface area contributed by atoms with Crippen molar-refractivity contribution in [2.75, 3.05) is 0 Å². The van der Waals surface area contributed by atoms with Gasteiger partial charge < -0.3 is 5.11 Å². The van der Waals surface area contributed by atoms with Crippen molar-refractivity contribution >= 4 is 34.9 Å². The van der Waals surface area contributed by atoms with Crippen LogP contribution >= 0.6 is 23.2 Å². The second-order valence-electron chi connectivity index (χ2n) is 4.37. The van der Waals surface area contributed by atoms with Crippen LogP contribution in [0.3, 0.4) is 0 Å². The van der Waals surface area contributed by atoms with Crippen LogP contribution in [0.5, 0.6) is 5.75 Å². The second-order valence-corrected chi connectivity index (χ2v) is 5.18. The lowest BCUT2D eigenvalue weighted by Crippen LogP contribution is -1.83. The fourth-order valence-electron chi connectivity index (χ4n) is 1.75. The summed E-state index contributed by atoms with van der Waals surface area (Å²) in [5, 5.41) is 19.1. The minimum atomic E-state index is -0.153. The van der Waals surface area contributed by atoms with Crippen LogP contribution in [0, 0.1) is 18.3 Å². The number of phenols is 1. The van der Waals surface area contributed by atoms with Gasteiger partial charge in [0.15, 0.2) is 5.75 Å². The minimum absolute atomic E-state index is 0.153. The molecule has 2 rings (SSSR count). The van der Waals surface area contributed by atoms with Crippen molar-refractivity contribution in [3.05, 3.63) is 63.1 Å². The van der Waals surface area contributed by atoms with Gasteiger partial charge in [0.2, 0.25) is 0 Å². The molecule has 2 nitrogen and oxygen atoms in total. The van der Waals surface area contributed by atoms with Crippen LogP contribution in [0.2, 0.25) is 10.0 Å². The van der Waals surface area contributed by atoms with Crippen molar-refractivity contribution < 1.29 is 5.11 Å². The van der Waals surface area contributed by atoms with Gasteiger partial charge in [-0.25, -0.2) is 0 Å². The Morgan fingerprint density at radius 3 is 2.20 bits per heavy atom. The Morgan fingerprint density at radius 1 is 1.15 bits per heavy atom. The van der Waals surface area contributed by atoms with Gasteiger partial charge in [-0.05, 0) is 36.3 Å². The molecule has 100 valence electrons. The highest BCUT2D eigenvalue weighted by atomic mass is 35.5. The third-order valence-electron chi connectivity index (χ3n) is 2.83. The lowest BCUT2D eigenvalue weighted by Gasteiger charge is -2.04. The first-order valence-corrected chi connectivity index (χ1v) is 6.63. The zero-order valence-electron chi connectivity index (χ0n) is 10.7. The molecule has 0 aromatic heterocycles. The van der Waals surface area contributed by atoms with Gasteiger partial charge in [0.25, 0.3) is 0 Å². The number of rotatable bonds is 2. The first-order chi connectivity index (χ1) is 9.51. The van der Waals surface area contributed by atoms with E-state index < -0.39 is 0 Å². The molecule has 2 aromatic carbocycles. The average molecular weight is 304 g/mol. The molecule has 0 saturated carbocycles. The van der Waals surface area contributed by atoms with Gasteiger partial charge in [0.05, 0.1) is 21.7 Å². The number of nitriles is 1. The summed E-state index contributed by atoms with van der Waals surface area (Å²) in [6.07, 6.45) is 1.68. The molecule has 0 saturated heterocycles. The number of hydrogen-bond donors (Lipinski definition) is 1. The SMILES string of the molecule is Cc1ccc(/C(C#N)=C/c2cc(Cl)c(O)c(Cl)c2)cc1. The topological polar surface area (TPSA) is 44.0 Å². The number of hydrogen-bond acceptors (Lipinski definition) is 2. The van der Waals surface area contributed by atoms with Crippen LogP contribution in [0.4, 0.5) is 0 Å². The largest absolute Gasteiger partial charge is 0.505 e. The van der Waals surface area contributed by atoms with Crippen molar-refractivity contribution in [2.45, 2.75) is 6.92 Å². The van der Waals surface area contributed by atoms with Crippen molar-refractivity contribution in [2.24, 2.45) is 0 Å². The van der Waals surface area contributed by atoms with E-state index in [0.717, 1.165) is 11.1 Å². The summed E-state index contributed by atoms with van der Waals surface area (Å²) >= 11 is 11.7. The lowest BCUT2D eigenvalue weighted by molar-refractivity contribution is 0.476. The highest BCUT2D eigenvalue weighted by molar-refractivity contribution is 6.37. The Kier molecular flexibility index (Phi) is 4.34. The predicted molar refractivity (Wildman–Crippen MR) is 82.8 cm³/mol. The van der Waals surface area contributed by atoms with Crippen LogP contribution in [0.1, 0.15) is 16.7 Å². The molecule has 0 aliphatic heterocycles. The number of aryl methyl sites for hydroxylation is 1. The Hall–Kier alpha value is -1.95. The summed E-state index contributed by atoms with van der Waals surface area (Å²) in [4.78, 5) is 0. The number of aromatic hydroxyl groups is 1. The van der Waals surface area contributed by atoms with E-state index in [2.05, 4.69) is 6.07 Å². The van der Waals surface area contributed by atoms with Gasteiger partial charge >= 0.3 is 0 Å².